The van der Waals surface area contributed by atoms with Crippen LogP contribution in [0.15, 0.2) is 71.9 Å². The Morgan fingerprint density at radius 3 is 2.61 bits per heavy atom. The summed E-state index contributed by atoms with van der Waals surface area (Å²) in [5, 5.41) is 1.95. The van der Waals surface area contributed by atoms with Crippen LogP contribution < -0.4 is 0 Å². The normalized spacial score (nSPS) is 12.2. The first kappa shape index (κ1) is 24.9. The van der Waals surface area contributed by atoms with Crippen LogP contribution in [0.25, 0.3) is 16.8 Å². The third-order valence-corrected chi connectivity index (χ3v) is 7.28. The molecule has 33 heavy (non-hydrogen) atoms. The van der Waals surface area contributed by atoms with Crippen LogP contribution in [0.2, 0.25) is 5.02 Å². The highest BCUT2D eigenvalue weighted by Crippen LogP contribution is 2.25. The molecule has 0 bridgehead atoms. The molecule has 0 aliphatic heterocycles. The number of esters is 1. The molecule has 0 amide bonds. The minimum atomic E-state index is -3.95. The smallest absolute Gasteiger partial charge is 0.321 e. The van der Waals surface area contributed by atoms with E-state index in [-0.39, 0.29) is 18.0 Å². The molecule has 0 saturated carbocycles. The monoisotopic (exact) mass is 487 g/mol. The number of carbonyl (C=O) groups is 1. The van der Waals surface area contributed by atoms with Crippen molar-refractivity contribution in [1.29, 1.82) is 0 Å². The lowest BCUT2D eigenvalue weighted by Gasteiger charge is -2.24. The van der Waals surface area contributed by atoms with Crippen LogP contribution >= 0.6 is 11.6 Å². The lowest BCUT2D eigenvalue weighted by atomic mass is 10.2. The number of benzene rings is 2. The standard InChI is InChI=1S/C24H26ClN3O4S/c1-27(14-4-5-19-8-10-21(25)11-9-19)15-16-28(18-24(29)32-2)33(30,31)23-7-3-6-20-17-26-13-12-22(20)23/h3-13,17H,14-16,18H2,1-2H3. The van der Waals surface area contributed by atoms with Crippen LogP contribution in [0.1, 0.15) is 5.56 Å². The van der Waals surface area contributed by atoms with Crippen molar-refractivity contribution in [3.63, 3.8) is 0 Å². The Balaban J connectivity index is 1.74. The van der Waals surface area contributed by atoms with E-state index >= 15 is 0 Å². The van der Waals surface area contributed by atoms with Crippen molar-refractivity contribution in [2.24, 2.45) is 0 Å². The minimum Gasteiger partial charge on any atom is -0.468 e. The first-order chi connectivity index (χ1) is 15.8. The summed E-state index contributed by atoms with van der Waals surface area (Å²) in [6, 6.07) is 14.2. The first-order valence-corrected chi connectivity index (χ1v) is 12.1. The number of sulfonamides is 1. The number of pyridine rings is 1. The van der Waals surface area contributed by atoms with E-state index in [1.54, 1.807) is 36.7 Å². The fourth-order valence-corrected chi connectivity index (χ4v) is 4.98. The van der Waals surface area contributed by atoms with Gasteiger partial charge in [-0.05, 0) is 36.9 Å². The Bertz CT molecular complexity index is 1220. The van der Waals surface area contributed by atoms with Gasteiger partial charge >= 0.3 is 5.97 Å². The second-order valence-corrected chi connectivity index (χ2v) is 9.83. The Morgan fingerprint density at radius 1 is 1.12 bits per heavy atom. The maximum absolute atomic E-state index is 13.5. The maximum atomic E-state index is 13.5. The Labute approximate surface area is 199 Å². The predicted octanol–water partition coefficient (Wildman–Crippen LogP) is 3.70. The van der Waals surface area contributed by atoms with Crippen molar-refractivity contribution in [3.8, 4) is 0 Å². The van der Waals surface area contributed by atoms with Gasteiger partial charge in [0.25, 0.3) is 0 Å². The molecule has 7 nitrogen and oxygen atoms in total. The fourth-order valence-electron chi connectivity index (χ4n) is 3.27. The molecule has 0 aliphatic rings. The zero-order chi connectivity index (χ0) is 23.8. The lowest BCUT2D eigenvalue weighted by Crippen LogP contribution is -2.41. The number of rotatable bonds is 10. The van der Waals surface area contributed by atoms with E-state index in [1.165, 1.54) is 7.11 Å². The summed E-state index contributed by atoms with van der Waals surface area (Å²) in [6.45, 7) is 0.793. The van der Waals surface area contributed by atoms with Crippen LogP contribution in [0.3, 0.4) is 0 Å². The van der Waals surface area contributed by atoms with Crippen molar-refractivity contribution in [1.82, 2.24) is 14.2 Å². The molecule has 0 atom stereocenters. The predicted molar refractivity (Wildman–Crippen MR) is 131 cm³/mol. The summed E-state index contributed by atoms with van der Waals surface area (Å²) >= 11 is 5.90. The zero-order valence-electron chi connectivity index (χ0n) is 18.5. The SMILES string of the molecule is COC(=O)CN(CCN(C)CC=Cc1ccc(Cl)cc1)S(=O)(=O)c1cccc2cnccc12. The summed E-state index contributed by atoms with van der Waals surface area (Å²) in [7, 11) is -0.820. The molecule has 0 fully saturated rings. The van der Waals surface area contributed by atoms with Crippen molar-refractivity contribution in [2.75, 3.05) is 40.3 Å². The van der Waals surface area contributed by atoms with E-state index in [0.717, 1.165) is 9.87 Å². The molecule has 1 aromatic heterocycles. The third-order valence-electron chi connectivity index (χ3n) is 5.12. The van der Waals surface area contributed by atoms with Gasteiger partial charge in [-0.3, -0.25) is 9.78 Å². The van der Waals surface area contributed by atoms with Crippen LogP contribution in [-0.2, 0) is 19.6 Å². The van der Waals surface area contributed by atoms with Crippen molar-refractivity contribution in [2.45, 2.75) is 4.90 Å². The molecule has 3 aromatic rings. The molecular formula is C24H26ClN3O4S. The van der Waals surface area contributed by atoms with Gasteiger partial charge in [0.15, 0.2) is 0 Å². The fraction of sp³-hybridized carbons (Fsp3) is 0.250. The number of halogens is 1. The van der Waals surface area contributed by atoms with Crippen LogP contribution in [-0.4, -0.2) is 68.9 Å². The number of aromatic nitrogens is 1. The molecule has 174 valence electrons. The van der Waals surface area contributed by atoms with Gasteiger partial charge in [0.2, 0.25) is 10.0 Å². The van der Waals surface area contributed by atoms with Crippen LogP contribution in [0.4, 0.5) is 0 Å². The molecule has 0 saturated heterocycles. The number of ether oxygens (including phenoxy) is 1. The molecule has 3 rings (SSSR count). The van der Waals surface area contributed by atoms with E-state index in [2.05, 4.69) is 4.98 Å². The van der Waals surface area contributed by atoms with Gasteiger partial charge < -0.3 is 9.64 Å². The van der Waals surface area contributed by atoms with Crippen LogP contribution in [0.5, 0.6) is 0 Å². The van der Waals surface area contributed by atoms with Gasteiger partial charge in [-0.25, -0.2) is 8.42 Å². The van der Waals surface area contributed by atoms with Crippen molar-refractivity contribution < 1.29 is 17.9 Å². The molecule has 2 aromatic carbocycles. The maximum Gasteiger partial charge on any atom is 0.321 e. The molecule has 0 N–H and O–H groups in total. The lowest BCUT2D eigenvalue weighted by molar-refractivity contribution is -0.140. The van der Waals surface area contributed by atoms with Gasteiger partial charge in [-0.15, -0.1) is 0 Å². The van der Waals surface area contributed by atoms with Gasteiger partial charge in [0.1, 0.15) is 6.54 Å². The van der Waals surface area contributed by atoms with E-state index in [1.807, 2.05) is 48.4 Å². The molecule has 1 heterocycles. The quantitative estimate of drug-likeness (QED) is 0.406. The summed E-state index contributed by atoms with van der Waals surface area (Å²) in [6.07, 6.45) is 7.12. The highest BCUT2D eigenvalue weighted by atomic mass is 35.5. The minimum absolute atomic E-state index is 0.129. The van der Waals surface area contributed by atoms with Crippen LogP contribution in [0, 0.1) is 0 Å². The summed E-state index contributed by atoms with van der Waals surface area (Å²) in [5.74, 6) is -0.620. The van der Waals surface area contributed by atoms with Crippen molar-refractivity contribution in [3.05, 3.63) is 77.6 Å². The molecule has 0 spiro atoms. The molecule has 9 heteroatoms. The molecule has 0 radical (unpaired) electrons. The molecule has 0 aliphatic carbocycles. The van der Waals surface area contributed by atoms with Gasteiger partial charge in [0, 0.05) is 47.8 Å². The number of hydrogen-bond acceptors (Lipinski definition) is 6. The average Bonchev–Trinajstić information content (AvgIpc) is 2.82. The number of carbonyl (C=O) groups excluding carboxylic acids is 1. The number of likely N-dealkylation sites (N-methyl/N-ethyl adjacent to an activating group) is 1. The summed E-state index contributed by atoms with van der Waals surface area (Å²) in [4.78, 5) is 18.2. The number of methoxy groups -OCH3 is 1. The van der Waals surface area contributed by atoms with E-state index < -0.39 is 16.0 Å². The third kappa shape index (κ3) is 6.61. The number of fused-ring (bicyclic) bond motifs is 1. The summed E-state index contributed by atoms with van der Waals surface area (Å²) < 4.78 is 32.9. The van der Waals surface area contributed by atoms with E-state index in [4.69, 9.17) is 16.3 Å². The second-order valence-electron chi connectivity index (χ2n) is 7.48. The van der Waals surface area contributed by atoms with Crippen molar-refractivity contribution >= 4 is 44.4 Å². The Morgan fingerprint density at radius 2 is 1.88 bits per heavy atom. The Hall–Kier alpha value is -2.78. The second kappa shape index (κ2) is 11.4. The largest absolute Gasteiger partial charge is 0.468 e. The Kier molecular flexibility index (Phi) is 8.57. The highest BCUT2D eigenvalue weighted by molar-refractivity contribution is 7.89. The summed E-state index contributed by atoms with van der Waals surface area (Å²) in [5.41, 5.74) is 1.02. The highest BCUT2D eigenvalue weighted by Gasteiger charge is 2.28. The van der Waals surface area contributed by atoms with E-state index in [0.29, 0.717) is 28.9 Å². The number of hydrogen-bond donors (Lipinski definition) is 0. The number of nitrogens with zero attached hydrogens (tertiary/aromatic N) is 3. The van der Waals surface area contributed by atoms with Gasteiger partial charge in [0.05, 0.1) is 12.0 Å². The van der Waals surface area contributed by atoms with Gasteiger partial charge in [-0.1, -0.05) is 48.0 Å². The zero-order valence-corrected chi connectivity index (χ0v) is 20.1. The topological polar surface area (TPSA) is 79.8 Å². The average molecular weight is 488 g/mol. The van der Waals surface area contributed by atoms with E-state index in [9.17, 15) is 13.2 Å². The van der Waals surface area contributed by atoms with Gasteiger partial charge in [-0.2, -0.15) is 4.31 Å². The molecule has 0 unspecified atom stereocenters. The first-order valence-electron chi connectivity index (χ1n) is 10.3. The molecular weight excluding hydrogens is 462 g/mol.